The van der Waals surface area contributed by atoms with E-state index in [4.69, 9.17) is 16.0 Å². The van der Waals surface area contributed by atoms with Crippen molar-refractivity contribution in [3.8, 4) is 11.5 Å². The first-order valence-electron chi connectivity index (χ1n) is 7.59. The van der Waals surface area contributed by atoms with E-state index in [0.717, 1.165) is 36.9 Å². The number of aromatic nitrogens is 2. The molecule has 2 heterocycles. The molecule has 5 heteroatoms. The van der Waals surface area contributed by atoms with E-state index >= 15 is 0 Å². The van der Waals surface area contributed by atoms with Crippen molar-refractivity contribution in [3.63, 3.8) is 0 Å². The van der Waals surface area contributed by atoms with E-state index in [1.807, 2.05) is 24.3 Å². The molecular formula is C16H18ClN3O. The number of halogens is 1. The van der Waals surface area contributed by atoms with Gasteiger partial charge in [0, 0.05) is 23.7 Å². The number of likely N-dealkylation sites (tertiary alicyclic amines) is 1. The monoisotopic (exact) mass is 303 g/mol. The largest absolute Gasteiger partial charge is 0.420 e. The van der Waals surface area contributed by atoms with Gasteiger partial charge in [0.05, 0.1) is 5.92 Å². The minimum atomic E-state index is 0.386. The fourth-order valence-electron chi connectivity index (χ4n) is 2.97. The van der Waals surface area contributed by atoms with Crippen LogP contribution in [0.1, 0.15) is 31.1 Å². The molecule has 2 fully saturated rings. The van der Waals surface area contributed by atoms with Crippen molar-refractivity contribution in [2.24, 2.45) is 5.92 Å². The van der Waals surface area contributed by atoms with E-state index in [-0.39, 0.29) is 0 Å². The molecule has 1 aromatic heterocycles. The lowest BCUT2D eigenvalue weighted by molar-refractivity contribution is 0.314. The van der Waals surface area contributed by atoms with E-state index in [9.17, 15) is 0 Å². The van der Waals surface area contributed by atoms with Gasteiger partial charge in [0.15, 0.2) is 0 Å². The molecule has 4 rings (SSSR count). The average Bonchev–Trinajstić information content (AvgIpc) is 2.99. The summed E-state index contributed by atoms with van der Waals surface area (Å²) in [6, 6.07) is 7.50. The van der Waals surface area contributed by atoms with Gasteiger partial charge in [-0.1, -0.05) is 11.6 Å². The maximum atomic E-state index is 5.90. The SMILES string of the molecule is Clc1ccc(-c2nnc([C@H]3CCN(CC4CC4)C3)o2)cc1. The van der Waals surface area contributed by atoms with Crippen LogP contribution in [-0.2, 0) is 0 Å². The molecule has 1 atom stereocenters. The molecule has 0 spiro atoms. The van der Waals surface area contributed by atoms with Crippen molar-refractivity contribution in [1.29, 1.82) is 0 Å². The van der Waals surface area contributed by atoms with E-state index in [1.54, 1.807) is 0 Å². The molecule has 0 radical (unpaired) electrons. The maximum Gasteiger partial charge on any atom is 0.247 e. The molecule has 4 nitrogen and oxygen atoms in total. The number of nitrogens with zero attached hydrogens (tertiary/aromatic N) is 3. The maximum absolute atomic E-state index is 5.90. The van der Waals surface area contributed by atoms with Crippen molar-refractivity contribution in [1.82, 2.24) is 15.1 Å². The zero-order valence-corrected chi connectivity index (χ0v) is 12.6. The smallest absolute Gasteiger partial charge is 0.247 e. The van der Waals surface area contributed by atoms with Crippen LogP contribution < -0.4 is 0 Å². The van der Waals surface area contributed by atoms with Crippen molar-refractivity contribution in [2.75, 3.05) is 19.6 Å². The standard InChI is InChI=1S/C16H18ClN3O/c17-14-5-3-12(4-6-14)15-18-19-16(21-15)13-7-8-20(10-13)9-11-1-2-11/h3-6,11,13H,1-2,7-10H2/t13-/m0/s1. The Hall–Kier alpha value is -1.39. The lowest BCUT2D eigenvalue weighted by Gasteiger charge is -2.13. The van der Waals surface area contributed by atoms with Crippen molar-refractivity contribution >= 4 is 11.6 Å². The normalized spacial score (nSPS) is 22.8. The highest BCUT2D eigenvalue weighted by molar-refractivity contribution is 6.30. The van der Waals surface area contributed by atoms with Crippen LogP contribution in [-0.4, -0.2) is 34.7 Å². The van der Waals surface area contributed by atoms with Crippen molar-refractivity contribution in [2.45, 2.75) is 25.2 Å². The Morgan fingerprint density at radius 1 is 1.14 bits per heavy atom. The molecular weight excluding hydrogens is 286 g/mol. The Labute approximate surface area is 129 Å². The number of hydrogen-bond donors (Lipinski definition) is 0. The zero-order valence-electron chi connectivity index (χ0n) is 11.8. The molecule has 1 saturated carbocycles. The van der Waals surface area contributed by atoms with Crippen LogP contribution in [0, 0.1) is 5.92 Å². The zero-order chi connectivity index (χ0) is 14.2. The molecule has 21 heavy (non-hydrogen) atoms. The third-order valence-corrected chi connectivity index (χ3v) is 4.62. The lowest BCUT2D eigenvalue weighted by atomic mass is 10.1. The van der Waals surface area contributed by atoms with Crippen LogP contribution in [0.2, 0.25) is 5.02 Å². The van der Waals surface area contributed by atoms with Gasteiger partial charge in [0.25, 0.3) is 0 Å². The summed E-state index contributed by atoms with van der Waals surface area (Å²) in [4.78, 5) is 2.54. The van der Waals surface area contributed by atoms with Crippen LogP contribution in [0.3, 0.4) is 0 Å². The summed E-state index contributed by atoms with van der Waals surface area (Å²) < 4.78 is 5.87. The highest BCUT2D eigenvalue weighted by Gasteiger charge is 2.32. The Bertz CT molecular complexity index is 621. The number of hydrogen-bond acceptors (Lipinski definition) is 4. The number of benzene rings is 1. The average molecular weight is 304 g/mol. The molecule has 2 aromatic rings. The molecule has 1 aromatic carbocycles. The Morgan fingerprint density at radius 2 is 1.95 bits per heavy atom. The van der Waals surface area contributed by atoms with Gasteiger partial charge in [-0.2, -0.15) is 0 Å². The molecule has 0 bridgehead atoms. The summed E-state index contributed by atoms with van der Waals surface area (Å²) >= 11 is 5.90. The summed E-state index contributed by atoms with van der Waals surface area (Å²) in [5.74, 6) is 2.69. The fraction of sp³-hybridized carbons (Fsp3) is 0.500. The van der Waals surface area contributed by atoms with E-state index < -0.39 is 0 Å². The van der Waals surface area contributed by atoms with E-state index in [2.05, 4.69) is 15.1 Å². The first-order valence-corrected chi connectivity index (χ1v) is 7.97. The third-order valence-electron chi connectivity index (χ3n) is 4.37. The van der Waals surface area contributed by atoms with Crippen LogP contribution >= 0.6 is 11.6 Å². The van der Waals surface area contributed by atoms with E-state index in [0.29, 0.717) is 16.8 Å². The molecule has 0 N–H and O–H groups in total. The first kappa shape index (κ1) is 13.3. The summed E-state index contributed by atoms with van der Waals surface area (Å²) in [7, 11) is 0. The Morgan fingerprint density at radius 3 is 2.71 bits per heavy atom. The van der Waals surface area contributed by atoms with Gasteiger partial charge in [0.2, 0.25) is 11.8 Å². The molecule has 1 aliphatic carbocycles. The summed E-state index contributed by atoms with van der Waals surface area (Å²) in [5.41, 5.74) is 0.922. The Balaban J connectivity index is 1.45. The summed E-state index contributed by atoms with van der Waals surface area (Å²) in [6.45, 7) is 3.45. The van der Waals surface area contributed by atoms with Gasteiger partial charge in [-0.05, 0) is 56.0 Å². The molecule has 110 valence electrons. The molecule has 0 unspecified atom stereocenters. The topological polar surface area (TPSA) is 42.2 Å². The predicted molar refractivity (Wildman–Crippen MR) is 81.3 cm³/mol. The van der Waals surface area contributed by atoms with Gasteiger partial charge in [-0.3, -0.25) is 0 Å². The molecule has 2 aliphatic rings. The summed E-state index contributed by atoms with van der Waals surface area (Å²) in [6.07, 6.45) is 3.93. The van der Waals surface area contributed by atoms with Crippen LogP contribution in [0.4, 0.5) is 0 Å². The first-order chi connectivity index (χ1) is 10.3. The fourth-order valence-corrected chi connectivity index (χ4v) is 3.10. The van der Waals surface area contributed by atoms with Crippen LogP contribution in [0.5, 0.6) is 0 Å². The van der Waals surface area contributed by atoms with Gasteiger partial charge in [0.1, 0.15) is 0 Å². The molecule has 1 aliphatic heterocycles. The summed E-state index contributed by atoms with van der Waals surface area (Å²) in [5, 5.41) is 9.14. The second-order valence-electron chi connectivity index (χ2n) is 6.14. The van der Waals surface area contributed by atoms with Gasteiger partial charge in [-0.15, -0.1) is 10.2 Å². The Kier molecular flexibility index (Phi) is 3.43. The highest BCUT2D eigenvalue weighted by Crippen LogP contribution is 2.34. The van der Waals surface area contributed by atoms with E-state index in [1.165, 1.54) is 19.4 Å². The van der Waals surface area contributed by atoms with Gasteiger partial charge in [-0.25, -0.2) is 0 Å². The quantitative estimate of drug-likeness (QED) is 0.865. The minimum absolute atomic E-state index is 0.386. The predicted octanol–water partition coefficient (Wildman–Crippen LogP) is 3.59. The second kappa shape index (κ2) is 5.43. The van der Waals surface area contributed by atoms with Crippen molar-refractivity contribution < 1.29 is 4.42 Å². The third kappa shape index (κ3) is 2.97. The molecule has 1 saturated heterocycles. The van der Waals surface area contributed by atoms with Crippen LogP contribution in [0.15, 0.2) is 28.7 Å². The van der Waals surface area contributed by atoms with Gasteiger partial charge >= 0.3 is 0 Å². The van der Waals surface area contributed by atoms with Crippen LogP contribution in [0.25, 0.3) is 11.5 Å². The molecule has 0 amide bonds. The second-order valence-corrected chi connectivity index (χ2v) is 6.58. The lowest BCUT2D eigenvalue weighted by Crippen LogP contribution is -2.22. The minimum Gasteiger partial charge on any atom is -0.420 e. The number of rotatable bonds is 4. The van der Waals surface area contributed by atoms with Crippen molar-refractivity contribution in [3.05, 3.63) is 35.2 Å². The highest BCUT2D eigenvalue weighted by atomic mass is 35.5. The van der Waals surface area contributed by atoms with Gasteiger partial charge < -0.3 is 9.32 Å².